The summed E-state index contributed by atoms with van der Waals surface area (Å²) in [5.41, 5.74) is 0.850. The van der Waals surface area contributed by atoms with E-state index in [-0.39, 0.29) is 23.0 Å². The fraction of sp³-hybridized carbons (Fsp3) is 0.0769. The molecule has 180 valence electrons. The van der Waals surface area contributed by atoms with Gasteiger partial charge in [0, 0.05) is 23.9 Å². The molecular formula is C26H29NO5S2. The molecule has 4 rings (SSSR count). The molecule has 6 nitrogen and oxygen atoms in total. The number of anilines is 1. The lowest BCUT2D eigenvalue weighted by molar-refractivity contribution is 0.404. The van der Waals surface area contributed by atoms with Crippen molar-refractivity contribution in [2.24, 2.45) is 0 Å². The second-order valence-electron chi connectivity index (χ2n) is 6.88. The molecule has 0 atom stereocenters. The summed E-state index contributed by atoms with van der Waals surface area (Å²) in [7, 11) is 3.80. The largest absolute Gasteiger partial charge is 0.508 e. The van der Waals surface area contributed by atoms with Crippen LogP contribution in [-0.4, -0.2) is 39.6 Å². The molecule has 0 unspecified atom stereocenters. The second-order valence-corrected chi connectivity index (χ2v) is 7.88. The predicted octanol–water partition coefficient (Wildman–Crippen LogP) is 5.92. The predicted molar refractivity (Wildman–Crippen MR) is 143 cm³/mol. The smallest absolute Gasteiger partial charge is 0.157 e. The molecule has 0 fully saturated rings. The molecule has 0 bridgehead atoms. The average molecular weight is 500 g/mol. The van der Waals surface area contributed by atoms with Gasteiger partial charge in [-0.05, 0) is 60.7 Å². The van der Waals surface area contributed by atoms with Gasteiger partial charge in [0.25, 0.3) is 0 Å². The molecule has 0 saturated heterocycles. The third kappa shape index (κ3) is 11.3. The minimum atomic E-state index is -0.0764. The Morgan fingerprint density at radius 3 is 1.21 bits per heavy atom. The van der Waals surface area contributed by atoms with E-state index in [1.807, 2.05) is 43.3 Å². The number of phenols is 5. The highest BCUT2D eigenvalue weighted by Gasteiger charge is 1.98. The first-order chi connectivity index (χ1) is 16.1. The van der Waals surface area contributed by atoms with Crippen LogP contribution in [0.1, 0.15) is 0 Å². The lowest BCUT2D eigenvalue weighted by Crippen LogP contribution is -2.08. The molecule has 0 heterocycles. The molecule has 0 aliphatic carbocycles. The van der Waals surface area contributed by atoms with Gasteiger partial charge < -0.3 is 30.4 Å². The van der Waals surface area contributed by atoms with Crippen LogP contribution in [-0.2, 0) is 0 Å². The molecule has 0 aliphatic rings. The van der Waals surface area contributed by atoms with Crippen LogP contribution in [0, 0.1) is 0 Å². The normalized spacial score (nSPS) is 9.18. The Bertz CT molecular complexity index is 1020. The van der Waals surface area contributed by atoms with E-state index in [1.165, 1.54) is 12.1 Å². The van der Waals surface area contributed by atoms with Gasteiger partial charge in [-0.1, -0.05) is 36.4 Å². The van der Waals surface area contributed by atoms with Crippen molar-refractivity contribution in [3.63, 3.8) is 0 Å². The van der Waals surface area contributed by atoms with Crippen molar-refractivity contribution in [2.45, 2.75) is 9.79 Å². The molecular weight excluding hydrogens is 470 g/mol. The molecule has 0 saturated carbocycles. The Balaban J connectivity index is 0.000000228. The van der Waals surface area contributed by atoms with Crippen LogP contribution in [0.4, 0.5) is 5.69 Å². The van der Waals surface area contributed by atoms with Crippen molar-refractivity contribution in [2.75, 3.05) is 19.0 Å². The molecule has 0 aliphatic heterocycles. The van der Waals surface area contributed by atoms with E-state index in [0.717, 1.165) is 10.6 Å². The maximum absolute atomic E-state index is 9.24. The van der Waals surface area contributed by atoms with Crippen LogP contribution in [0.5, 0.6) is 28.7 Å². The van der Waals surface area contributed by atoms with Crippen molar-refractivity contribution in [3.8, 4) is 28.7 Å². The Hall–Kier alpha value is -3.62. The second kappa shape index (κ2) is 15.3. The zero-order valence-electron chi connectivity index (χ0n) is 18.8. The summed E-state index contributed by atoms with van der Waals surface area (Å²) in [4.78, 5) is 3.35. The van der Waals surface area contributed by atoms with Gasteiger partial charge in [0.1, 0.15) is 17.2 Å². The molecule has 0 amide bonds. The quantitative estimate of drug-likeness (QED) is 0.130. The first kappa shape index (κ1) is 28.4. The van der Waals surface area contributed by atoms with Gasteiger partial charge in [-0.2, -0.15) is 0 Å². The summed E-state index contributed by atoms with van der Waals surface area (Å²) >= 11 is 7.97. The molecule has 4 aromatic rings. The summed E-state index contributed by atoms with van der Waals surface area (Å²) in [5.74, 6) is 0.686. The summed E-state index contributed by atoms with van der Waals surface area (Å²) in [6.07, 6.45) is 0. The van der Waals surface area contributed by atoms with E-state index in [9.17, 15) is 5.11 Å². The zero-order chi connectivity index (χ0) is 25.5. The molecule has 5 N–H and O–H groups in total. The van der Waals surface area contributed by atoms with Gasteiger partial charge in [0.15, 0.2) is 11.5 Å². The fourth-order valence-electron chi connectivity index (χ4n) is 2.22. The van der Waals surface area contributed by atoms with Crippen LogP contribution in [0.3, 0.4) is 0 Å². The molecule has 0 radical (unpaired) electrons. The summed E-state index contributed by atoms with van der Waals surface area (Å²) < 4.78 is 0. The maximum atomic E-state index is 9.24. The lowest BCUT2D eigenvalue weighted by Gasteiger charge is -2.12. The number of rotatable bonds is 1. The van der Waals surface area contributed by atoms with Crippen LogP contribution >= 0.6 is 25.3 Å². The Morgan fingerprint density at radius 2 is 0.912 bits per heavy atom. The highest BCUT2D eigenvalue weighted by atomic mass is 32.1. The summed E-state index contributed by atoms with van der Waals surface area (Å²) in [6, 6.07) is 27.0. The van der Waals surface area contributed by atoms with Gasteiger partial charge in [0.2, 0.25) is 0 Å². The number of para-hydroxylation sites is 5. The summed E-state index contributed by atoms with van der Waals surface area (Å²) in [5, 5.41) is 44.1. The van der Waals surface area contributed by atoms with Gasteiger partial charge in [-0.15, -0.1) is 25.3 Å². The van der Waals surface area contributed by atoms with Gasteiger partial charge in [-0.25, -0.2) is 0 Å². The Morgan fingerprint density at radius 1 is 0.500 bits per heavy atom. The molecule has 0 aromatic heterocycles. The third-order valence-corrected chi connectivity index (χ3v) is 4.65. The highest BCUT2D eigenvalue weighted by Crippen LogP contribution is 2.23. The highest BCUT2D eigenvalue weighted by molar-refractivity contribution is 7.80. The first-order valence-electron chi connectivity index (χ1n) is 9.99. The third-order valence-electron chi connectivity index (χ3n) is 3.98. The van der Waals surface area contributed by atoms with E-state index in [4.69, 9.17) is 20.4 Å². The maximum Gasteiger partial charge on any atom is 0.157 e. The van der Waals surface area contributed by atoms with Crippen LogP contribution < -0.4 is 4.90 Å². The van der Waals surface area contributed by atoms with Crippen molar-refractivity contribution in [1.29, 1.82) is 0 Å². The number of phenolic OH excluding ortho intramolecular Hbond substituents is 5. The average Bonchev–Trinajstić information content (AvgIpc) is 2.81. The number of thiol groups is 2. The lowest BCUT2D eigenvalue weighted by atomic mass is 10.3. The van der Waals surface area contributed by atoms with E-state index in [1.54, 1.807) is 60.7 Å². The van der Waals surface area contributed by atoms with Crippen molar-refractivity contribution in [3.05, 3.63) is 97.1 Å². The van der Waals surface area contributed by atoms with Gasteiger partial charge >= 0.3 is 0 Å². The van der Waals surface area contributed by atoms with E-state index < -0.39 is 0 Å². The van der Waals surface area contributed by atoms with E-state index in [2.05, 4.69) is 25.3 Å². The minimum absolute atomic E-state index is 0.0764. The molecule has 4 aromatic carbocycles. The minimum Gasteiger partial charge on any atom is -0.508 e. The monoisotopic (exact) mass is 499 g/mol. The van der Waals surface area contributed by atoms with Crippen LogP contribution in [0.25, 0.3) is 0 Å². The SMILES string of the molecule is CN(C)c1ccccc1O.Oc1ccc(S)cc1.Oc1ccccc1O.Oc1ccccc1S. The summed E-state index contributed by atoms with van der Waals surface area (Å²) in [6.45, 7) is 0. The fourth-order valence-corrected chi connectivity index (χ4v) is 2.53. The topological polar surface area (TPSA) is 104 Å². The number of hydrogen-bond acceptors (Lipinski definition) is 8. The zero-order valence-corrected chi connectivity index (χ0v) is 20.6. The number of hydrogen-bond donors (Lipinski definition) is 7. The standard InChI is InChI=1S/C8H11NO.C6H6O2.2C6H6OS/c1-9(2)7-5-3-4-6-8(7)10;7-5-3-1-2-4-6(5)8;7-5-1-3-6(8)4-2-5;7-5-3-1-2-4-6(5)8/h3-6,10H,1-2H3;3*1-4,7-8H. The Kier molecular flexibility index (Phi) is 12.8. The first-order valence-corrected chi connectivity index (χ1v) is 10.9. The molecule has 34 heavy (non-hydrogen) atoms. The van der Waals surface area contributed by atoms with Crippen LogP contribution in [0.15, 0.2) is 107 Å². The van der Waals surface area contributed by atoms with E-state index >= 15 is 0 Å². The molecule has 0 spiro atoms. The van der Waals surface area contributed by atoms with Crippen molar-refractivity contribution < 1.29 is 25.5 Å². The van der Waals surface area contributed by atoms with Crippen molar-refractivity contribution >= 4 is 30.9 Å². The van der Waals surface area contributed by atoms with E-state index in [0.29, 0.717) is 10.6 Å². The van der Waals surface area contributed by atoms with Gasteiger partial charge in [-0.3, -0.25) is 0 Å². The Labute approximate surface area is 210 Å². The number of nitrogens with zero attached hydrogens (tertiary/aromatic N) is 1. The number of benzene rings is 4. The van der Waals surface area contributed by atoms with Gasteiger partial charge in [0.05, 0.1) is 5.69 Å². The number of aromatic hydroxyl groups is 5. The molecule has 8 heteroatoms. The van der Waals surface area contributed by atoms with Crippen molar-refractivity contribution in [1.82, 2.24) is 0 Å². The van der Waals surface area contributed by atoms with Crippen LogP contribution in [0.2, 0.25) is 0 Å².